The number of halogens is 1. The molecule has 4 aromatic rings. The van der Waals surface area contributed by atoms with Gasteiger partial charge in [0.2, 0.25) is 0 Å². The zero-order chi connectivity index (χ0) is 22.0. The molecule has 1 aromatic heterocycles. The summed E-state index contributed by atoms with van der Waals surface area (Å²) in [4.78, 5) is 32.7. The maximum absolute atomic E-state index is 12.6. The van der Waals surface area contributed by atoms with E-state index in [1.54, 1.807) is 42.5 Å². The molecule has 1 amide bonds. The van der Waals surface area contributed by atoms with E-state index in [0.717, 1.165) is 16.9 Å². The second-order valence-corrected chi connectivity index (χ2v) is 7.67. The third-order valence-electron chi connectivity index (χ3n) is 4.79. The predicted octanol–water partition coefficient (Wildman–Crippen LogP) is 5.38. The lowest BCUT2D eigenvalue weighted by molar-refractivity contribution is -0.123. The quantitative estimate of drug-likeness (QED) is 0.414. The molecule has 0 spiro atoms. The van der Waals surface area contributed by atoms with Gasteiger partial charge in [0.1, 0.15) is 5.82 Å². The van der Waals surface area contributed by atoms with Crippen LogP contribution in [0.15, 0.2) is 66.7 Å². The average Bonchev–Trinajstić information content (AvgIpc) is 3.17. The summed E-state index contributed by atoms with van der Waals surface area (Å²) >= 11 is 5.92. The summed E-state index contributed by atoms with van der Waals surface area (Å²) in [6.45, 7) is 3.54. The molecule has 0 fully saturated rings. The molecule has 1 heterocycles. The van der Waals surface area contributed by atoms with E-state index in [4.69, 9.17) is 16.3 Å². The first kappa shape index (κ1) is 20.6. The molecule has 0 saturated heterocycles. The fourth-order valence-electron chi connectivity index (χ4n) is 3.08. The molecule has 0 aliphatic rings. The second kappa shape index (κ2) is 8.62. The van der Waals surface area contributed by atoms with Crippen LogP contribution < -0.4 is 5.32 Å². The Bertz CT molecular complexity index is 1260. The molecule has 7 heteroatoms. The van der Waals surface area contributed by atoms with Crippen LogP contribution in [0.1, 0.15) is 22.8 Å². The van der Waals surface area contributed by atoms with E-state index in [-0.39, 0.29) is 0 Å². The van der Waals surface area contributed by atoms with Gasteiger partial charge in [0.05, 0.1) is 16.6 Å². The van der Waals surface area contributed by atoms with Gasteiger partial charge in [-0.25, -0.2) is 9.78 Å². The summed E-state index contributed by atoms with van der Waals surface area (Å²) in [6, 6.07) is 19.8. The van der Waals surface area contributed by atoms with Crippen molar-refractivity contribution in [3.05, 3.63) is 82.9 Å². The number of ether oxygens (including phenoxy) is 1. The summed E-state index contributed by atoms with van der Waals surface area (Å²) in [6.07, 6.45) is -0.980. The van der Waals surface area contributed by atoms with Gasteiger partial charge in [0.25, 0.3) is 5.91 Å². The number of amides is 1. The number of nitrogens with zero attached hydrogens (tertiary/aromatic N) is 1. The van der Waals surface area contributed by atoms with Crippen LogP contribution in [0.4, 0.5) is 5.69 Å². The number of aromatic amines is 1. The van der Waals surface area contributed by atoms with Crippen LogP contribution in [0.25, 0.3) is 22.4 Å². The van der Waals surface area contributed by atoms with Crippen LogP contribution in [0.5, 0.6) is 0 Å². The Balaban J connectivity index is 1.47. The maximum atomic E-state index is 12.6. The maximum Gasteiger partial charge on any atom is 0.338 e. The first-order chi connectivity index (χ1) is 14.9. The summed E-state index contributed by atoms with van der Waals surface area (Å²) in [5, 5.41) is 3.18. The van der Waals surface area contributed by atoms with Crippen molar-refractivity contribution in [3.8, 4) is 11.4 Å². The highest BCUT2D eigenvalue weighted by Gasteiger charge is 2.20. The number of carbonyl (C=O) groups is 2. The van der Waals surface area contributed by atoms with Crippen molar-refractivity contribution < 1.29 is 14.3 Å². The van der Waals surface area contributed by atoms with Crippen molar-refractivity contribution in [2.24, 2.45) is 0 Å². The van der Waals surface area contributed by atoms with Gasteiger partial charge < -0.3 is 15.0 Å². The minimum absolute atomic E-state index is 0.328. The number of aromatic nitrogens is 2. The molecule has 2 N–H and O–H groups in total. The number of nitrogens with one attached hydrogen (secondary N) is 2. The molecule has 3 aromatic carbocycles. The van der Waals surface area contributed by atoms with Crippen LogP contribution >= 0.6 is 11.6 Å². The third-order valence-corrected chi connectivity index (χ3v) is 5.02. The topological polar surface area (TPSA) is 84.1 Å². The van der Waals surface area contributed by atoms with Gasteiger partial charge in [0, 0.05) is 16.3 Å². The van der Waals surface area contributed by atoms with E-state index >= 15 is 0 Å². The van der Waals surface area contributed by atoms with Gasteiger partial charge in [-0.15, -0.1) is 0 Å². The monoisotopic (exact) mass is 433 g/mol. The van der Waals surface area contributed by atoms with Gasteiger partial charge in [-0.2, -0.15) is 0 Å². The van der Waals surface area contributed by atoms with Crippen molar-refractivity contribution in [2.45, 2.75) is 20.0 Å². The van der Waals surface area contributed by atoms with Crippen LogP contribution in [-0.4, -0.2) is 27.9 Å². The van der Waals surface area contributed by atoms with Crippen molar-refractivity contribution >= 4 is 40.2 Å². The van der Waals surface area contributed by atoms with Gasteiger partial charge in [-0.3, -0.25) is 4.79 Å². The van der Waals surface area contributed by atoms with E-state index < -0.39 is 18.0 Å². The lowest BCUT2D eigenvalue weighted by Gasteiger charge is -2.13. The lowest BCUT2D eigenvalue weighted by Crippen LogP contribution is -2.30. The average molecular weight is 434 g/mol. The zero-order valence-electron chi connectivity index (χ0n) is 17.0. The first-order valence-corrected chi connectivity index (χ1v) is 10.1. The number of fused-ring (bicyclic) bond motifs is 1. The minimum atomic E-state index is -0.980. The number of H-pyrrole nitrogens is 1. The van der Waals surface area contributed by atoms with Gasteiger partial charge in [0.15, 0.2) is 6.10 Å². The Hall–Kier alpha value is -3.64. The van der Waals surface area contributed by atoms with Gasteiger partial charge in [-0.05, 0) is 50.2 Å². The number of anilines is 1. The predicted molar refractivity (Wildman–Crippen MR) is 121 cm³/mol. The van der Waals surface area contributed by atoms with E-state index in [9.17, 15) is 9.59 Å². The fourth-order valence-corrected chi connectivity index (χ4v) is 3.27. The number of rotatable bonds is 5. The summed E-state index contributed by atoms with van der Waals surface area (Å²) in [5.74, 6) is -0.322. The molecular formula is C24H20ClN3O3. The van der Waals surface area contributed by atoms with E-state index in [1.165, 1.54) is 12.5 Å². The second-order valence-electron chi connectivity index (χ2n) is 7.23. The number of imidazole rings is 1. The molecule has 4 rings (SSSR count). The summed E-state index contributed by atoms with van der Waals surface area (Å²) in [7, 11) is 0. The molecule has 0 radical (unpaired) electrons. The molecule has 1 atom stereocenters. The lowest BCUT2D eigenvalue weighted by atomic mass is 10.1. The van der Waals surface area contributed by atoms with Crippen LogP contribution in [0.3, 0.4) is 0 Å². The zero-order valence-corrected chi connectivity index (χ0v) is 17.7. The Morgan fingerprint density at radius 1 is 1.06 bits per heavy atom. The Morgan fingerprint density at radius 2 is 1.84 bits per heavy atom. The van der Waals surface area contributed by atoms with Crippen molar-refractivity contribution in [1.29, 1.82) is 0 Å². The highest BCUT2D eigenvalue weighted by Crippen LogP contribution is 2.22. The fraction of sp³-hybridized carbons (Fsp3) is 0.125. The molecule has 0 saturated carbocycles. The van der Waals surface area contributed by atoms with E-state index in [1.807, 2.05) is 31.2 Å². The van der Waals surface area contributed by atoms with E-state index in [2.05, 4.69) is 15.3 Å². The highest BCUT2D eigenvalue weighted by atomic mass is 35.5. The molecular weight excluding hydrogens is 414 g/mol. The van der Waals surface area contributed by atoms with Gasteiger partial charge >= 0.3 is 5.97 Å². The molecule has 0 aliphatic carbocycles. The number of aryl methyl sites for hydroxylation is 1. The van der Waals surface area contributed by atoms with Crippen molar-refractivity contribution in [3.63, 3.8) is 0 Å². The highest BCUT2D eigenvalue weighted by molar-refractivity contribution is 6.30. The molecule has 156 valence electrons. The smallest absolute Gasteiger partial charge is 0.338 e. The number of benzene rings is 3. The van der Waals surface area contributed by atoms with Crippen LogP contribution in [0.2, 0.25) is 5.02 Å². The van der Waals surface area contributed by atoms with Gasteiger partial charge in [-0.1, -0.05) is 47.5 Å². The van der Waals surface area contributed by atoms with Crippen molar-refractivity contribution in [1.82, 2.24) is 9.97 Å². The largest absolute Gasteiger partial charge is 0.449 e. The Kier molecular flexibility index (Phi) is 5.73. The van der Waals surface area contributed by atoms with E-state index in [0.29, 0.717) is 21.8 Å². The number of esters is 1. The standard InChI is InChI=1S/C24H20ClN3O3/c1-14-6-8-16(9-7-14)22-27-20-11-10-17(12-21(20)28-22)24(30)31-15(2)23(29)26-19-5-3-4-18(25)13-19/h3-13,15H,1-2H3,(H,26,29)(H,27,28). The summed E-state index contributed by atoms with van der Waals surface area (Å²) < 4.78 is 5.34. The number of carbonyl (C=O) groups excluding carboxylic acids is 2. The molecule has 31 heavy (non-hydrogen) atoms. The number of hydrogen-bond donors (Lipinski definition) is 2. The number of hydrogen-bond acceptors (Lipinski definition) is 4. The third kappa shape index (κ3) is 4.75. The normalized spacial score (nSPS) is 11.8. The molecule has 0 bridgehead atoms. The molecule has 1 unspecified atom stereocenters. The Labute approximate surface area is 184 Å². The molecule has 6 nitrogen and oxygen atoms in total. The van der Waals surface area contributed by atoms with Crippen molar-refractivity contribution in [2.75, 3.05) is 5.32 Å². The minimum Gasteiger partial charge on any atom is -0.449 e. The molecule has 0 aliphatic heterocycles. The SMILES string of the molecule is Cc1ccc(-c2nc3ccc(C(=O)OC(C)C(=O)Nc4cccc(Cl)c4)cc3[nH]2)cc1. The summed E-state index contributed by atoms with van der Waals surface area (Å²) in [5.41, 5.74) is 4.42. The Morgan fingerprint density at radius 3 is 2.58 bits per heavy atom. The van der Waals surface area contributed by atoms with Crippen LogP contribution in [0, 0.1) is 6.92 Å². The van der Waals surface area contributed by atoms with Crippen LogP contribution in [-0.2, 0) is 9.53 Å². The first-order valence-electron chi connectivity index (χ1n) is 9.73.